The van der Waals surface area contributed by atoms with Crippen molar-refractivity contribution in [2.24, 2.45) is 0 Å². The van der Waals surface area contributed by atoms with Gasteiger partial charge in [0.15, 0.2) is 0 Å². The number of nitrogens with zero attached hydrogens (tertiary/aromatic N) is 1. The summed E-state index contributed by atoms with van der Waals surface area (Å²) < 4.78 is 0. The van der Waals surface area contributed by atoms with Crippen LogP contribution in [-0.4, -0.2) is 37.5 Å². The molecule has 0 bridgehead atoms. The van der Waals surface area contributed by atoms with Crippen LogP contribution in [0.4, 0.5) is 0 Å². The molecule has 0 fully saturated rings. The number of rotatable bonds is 3. The van der Waals surface area contributed by atoms with Crippen LogP contribution in [-0.2, 0) is 4.79 Å². The van der Waals surface area contributed by atoms with E-state index in [1.807, 2.05) is 19.0 Å². The number of allylic oxidation sites excluding steroid dienone is 1. The molecule has 0 aromatic rings. The number of hydrogen-bond donors (Lipinski definition) is 1. The summed E-state index contributed by atoms with van der Waals surface area (Å²) in [5, 5.41) is 3.02. The Balaban J connectivity index is 2.23. The van der Waals surface area contributed by atoms with Crippen LogP contribution in [0.1, 0.15) is 19.3 Å². The summed E-state index contributed by atoms with van der Waals surface area (Å²) in [6.07, 6.45) is 7.47. The Bertz CT molecular complexity index is 199. The van der Waals surface area contributed by atoms with Crippen molar-refractivity contribution < 1.29 is 4.79 Å². The minimum Gasteiger partial charge on any atom is -0.352 e. The van der Waals surface area contributed by atoms with Crippen molar-refractivity contribution in [3.05, 3.63) is 12.2 Å². The lowest BCUT2D eigenvalue weighted by atomic mass is 10.0. The number of likely N-dealkylation sites (N-methyl/N-ethyl adjacent to an activating group) is 1. The van der Waals surface area contributed by atoms with Crippen LogP contribution >= 0.6 is 0 Å². The molecule has 3 nitrogen and oxygen atoms in total. The van der Waals surface area contributed by atoms with Gasteiger partial charge in [-0.05, 0) is 33.4 Å². The van der Waals surface area contributed by atoms with Crippen molar-refractivity contribution in [1.82, 2.24) is 10.2 Å². The maximum absolute atomic E-state index is 11.3. The van der Waals surface area contributed by atoms with Crippen molar-refractivity contribution in [3.63, 3.8) is 0 Å². The molecule has 1 aliphatic carbocycles. The molecule has 3 heteroatoms. The molecule has 0 radical (unpaired) electrons. The molecular weight excluding hydrogens is 164 g/mol. The van der Waals surface area contributed by atoms with Gasteiger partial charge < -0.3 is 10.2 Å². The molecule has 1 amide bonds. The molecule has 0 heterocycles. The van der Waals surface area contributed by atoms with Gasteiger partial charge in [0.2, 0.25) is 5.91 Å². The van der Waals surface area contributed by atoms with E-state index in [-0.39, 0.29) is 5.91 Å². The third-order valence-electron chi connectivity index (χ3n) is 2.09. The zero-order valence-corrected chi connectivity index (χ0v) is 8.42. The third-order valence-corrected chi connectivity index (χ3v) is 2.09. The molecule has 0 spiro atoms. The normalized spacial score (nSPS) is 21.9. The van der Waals surface area contributed by atoms with E-state index in [4.69, 9.17) is 0 Å². The zero-order valence-electron chi connectivity index (χ0n) is 8.42. The highest BCUT2D eigenvalue weighted by Gasteiger charge is 2.12. The highest BCUT2D eigenvalue weighted by Crippen LogP contribution is 2.09. The average molecular weight is 182 g/mol. The van der Waals surface area contributed by atoms with Gasteiger partial charge in [0, 0.05) is 6.04 Å². The fourth-order valence-corrected chi connectivity index (χ4v) is 1.49. The Morgan fingerprint density at radius 1 is 1.54 bits per heavy atom. The summed E-state index contributed by atoms with van der Waals surface area (Å²) in [4.78, 5) is 13.2. The lowest BCUT2D eigenvalue weighted by molar-refractivity contribution is -0.122. The van der Waals surface area contributed by atoms with Crippen LogP contribution in [0.3, 0.4) is 0 Å². The van der Waals surface area contributed by atoms with E-state index < -0.39 is 0 Å². The first-order valence-corrected chi connectivity index (χ1v) is 4.77. The van der Waals surface area contributed by atoms with Crippen molar-refractivity contribution in [3.8, 4) is 0 Å². The minimum absolute atomic E-state index is 0.130. The molecule has 0 saturated carbocycles. The lowest BCUT2D eigenvalue weighted by Crippen LogP contribution is -2.40. The first-order valence-electron chi connectivity index (χ1n) is 4.77. The van der Waals surface area contributed by atoms with Gasteiger partial charge in [0.25, 0.3) is 0 Å². The number of carbonyl (C=O) groups is 1. The molecule has 1 aliphatic rings. The van der Waals surface area contributed by atoms with Gasteiger partial charge in [-0.1, -0.05) is 12.2 Å². The van der Waals surface area contributed by atoms with Gasteiger partial charge >= 0.3 is 0 Å². The van der Waals surface area contributed by atoms with Crippen LogP contribution in [0.25, 0.3) is 0 Å². The van der Waals surface area contributed by atoms with Crippen molar-refractivity contribution in [1.29, 1.82) is 0 Å². The quantitative estimate of drug-likeness (QED) is 0.654. The van der Waals surface area contributed by atoms with E-state index in [1.165, 1.54) is 0 Å². The summed E-state index contributed by atoms with van der Waals surface area (Å²) in [5.74, 6) is 0.130. The van der Waals surface area contributed by atoms with E-state index in [2.05, 4.69) is 17.5 Å². The molecule has 0 aromatic heterocycles. The molecule has 13 heavy (non-hydrogen) atoms. The largest absolute Gasteiger partial charge is 0.352 e. The highest BCUT2D eigenvalue weighted by atomic mass is 16.2. The second kappa shape index (κ2) is 5.02. The number of nitrogens with one attached hydrogen (secondary N) is 1. The molecule has 0 saturated heterocycles. The Hall–Kier alpha value is -0.830. The predicted molar refractivity (Wildman–Crippen MR) is 53.5 cm³/mol. The molecular formula is C10H18N2O. The van der Waals surface area contributed by atoms with E-state index in [0.29, 0.717) is 12.6 Å². The van der Waals surface area contributed by atoms with Crippen LogP contribution in [0.2, 0.25) is 0 Å². The summed E-state index contributed by atoms with van der Waals surface area (Å²) in [6, 6.07) is 0.359. The van der Waals surface area contributed by atoms with E-state index in [1.54, 1.807) is 0 Å². The Morgan fingerprint density at radius 2 is 2.31 bits per heavy atom. The monoisotopic (exact) mass is 182 g/mol. The fraction of sp³-hybridized carbons (Fsp3) is 0.700. The smallest absolute Gasteiger partial charge is 0.234 e. The molecule has 1 unspecified atom stereocenters. The van der Waals surface area contributed by atoms with Crippen molar-refractivity contribution in [2.45, 2.75) is 25.3 Å². The predicted octanol–water partition coefficient (Wildman–Crippen LogP) is 0.773. The molecule has 1 atom stereocenters. The fourth-order valence-electron chi connectivity index (χ4n) is 1.49. The molecule has 1 N–H and O–H groups in total. The van der Waals surface area contributed by atoms with Gasteiger partial charge in [-0.2, -0.15) is 0 Å². The second-order valence-corrected chi connectivity index (χ2v) is 3.79. The summed E-state index contributed by atoms with van der Waals surface area (Å²) in [5.41, 5.74) is 0. The van der Waals surface area contributed by atoms with E-state index >= 15 is 0 Å². The third kappa shape index (κ3) is 4.08. The number of hydrogen-bond acceptors (Lipinski definition) is 2. The minimum atomic E-state index is 0.130. The van der Waals surface area contributed by atoms with Crippen LogP contribution < -0.4 is 5.32 Å². The van der Waals surface area contributed by atoms with Crippen molar-refractivity contribution >= 4 is 5.91 Å². The topological polar surface area (TPSA) is 32.3 Å². The SMILES string of the molecule is CN(C)CC(=O)NC1CC=CCC1. The molecule has 1 rings (SSSR count). The van der Waals surface area contributed by atoms with Crippen LogP contribution in [0, 0.1) is 0 Å². The van der Waals surface area contributed by atoms with Gasteiger partial charge in [-0.3, -0.25) is 4.79 Å². The van der Waals surface area contributed by atoms with E-state index in [9.17, 15) is 4.79 Å². The Labute approximate surface area is 79.8 Å². The Kier molecular flexibility index (Phi) is 3.96. The van der Waals surface area contributed by atoms with Gasteiger partial charge in [0.1, 0.15) is 0 Å². The summed E-state index contributed by atoms with van der Waals surface area (Å²) >= 11 is 0. The van der Waals surface area contributed by atoms with Crippen LogP contribution in [0.15, 0.2) is 12.2 Å². The maximum Gasteiger partial charge on any atom is 0.234 e. The zero-order chi connectivity index (χ0) is 9.68. The lowest BCUT2D eigenvalue weighted by Gasteiger charge is -2.20. The Morgan fingerprint density at radius 3 is 2.85 bits per heavy atom. The summed E-state index contributed by atoms with van der Waals surface area (Å²) in [7, 11) is 3.81. The molecule has 0 aromatic carbocycles. The van der Waals surface area contributed by atoms with Gasteiger partial charge in [0.05, 0.1) is 6.54 Å². The summed E-state index contributed by atoms with van der Waals surface area (Å²) in [6.45, 7) is 0.486. The average Bonchev–Trinajstić information content (AvgIpc) is 2.04. The van der Waals surface area contributed by atoms with Crippen LogP contribution in [0.5, 0.6) is 0 Å². The van der Waals surface area contributed by atoms with Gasteiger partial charge in [-0.25, -0.2) is 0 Å². The highest BCUT2D eigenvalue weighted by molar-refractivity contribution is 5.78. The standard InChI is InChI=1S/C10H18N2O/c1-12(2)8-10(13)11-9-6-4-3-5-7-9/h3-4,9H,5-8H2,1-2H3,(H,11,13). The molecule has 0 aliphatic heterocycles. The second-order valence-electron chi connectivity index (χ2n) is 3.79. The number of carbonyl (C=O) groups excluding carboxylic acids is 1. The first-order chi connectivity index (χ1) is 6.18. The van der Waals surface area contributed by atoms with Crippen molar-refractivity contribution in [2.75, 3.05) is 20.6 Å². The molecule has 74 valence electrons. The van der Waals surface area contributed by atoms with Gasteiger partial charge in [-0.15, -0.1) is 0 Å². The van der Waals surface area contributed by atoms with E-state index in [0.717, 1.165) is 19.3 Å². The number of amides is 1. The maximum atomic E-state index is 11.3. The first kappa shape index (κ1) is 10.3.